The largest absolute Gasteiger partial charge is 0.369 e. The molecule has 0 amide bonds. The van der Waals surface area contributed by atoms with Gasteiger partial charge in [0, 0.05) is 11.1 Å². The molecule has 6 nitrogen and oxygen atoms in total. The fourth-order valence-electron chi connectivity index (χ4n) is 1.36. The van der Waals surface area contributed by atoms with E-state index in [0.717, 1.165) is 0 Å². The van der Waals surface area contributed by atoms with E-state index in [0.29, 0.717) is 16.3 Å². The van der Waals surface area contributed by atoms with Crippen molar-refractivity contribution in [3.05, 3.63) is 39.5 Å². The van der Waals surface area contributed by atoms with Crippen LogP contribution in [0, 0.1) is 10.1 Å². The Morgan fingerprint density at radius 2 is 2.25 bits per heavy atom. The summed E-state index contributed by atoms with van der Waals surface area (Å²) in [5, 5.41) is 11.2. The van der Waals surface area contributed by atoms with Gasteiger partial charge in [0.05, 0.1) is 22.4 Å². The summed E-state index contributed by atoms with van der Waals surface area (Å²) in [5.41, 5.74) is 6.19. The highest BCUT2D eigenvalue weighted by molar-refractivity contribution is 6.31. The lowest BCUT2D eigenvalue weighted by molar-refractivity contribution is -0.384. The second-order valence-electron chi connectivity index (χ2n) is 3.10. The number of nitrogens with two attached hydrogens (primary N) is 1. The quantitative estimate of drug-likeness (QED) is 0.619. The molecule has 0 atom stereocenters. The standard InChI is InChI=1S/C9H7ClN4O2/c10-5-1-2-8(14(15)16)6(3-5)7-4-12-9(11)13-7/h1-4H,(H3,11,12,13). The van der Waals surface area contributed by atoms with Crippen LogP contribution in [-0.2, 0) is 0 Å². The maximum absolute atomic E-state index is 10.8. The highest BCUT2D eigenvalue weighted by atomic mass is 35.5. The molecule has 1 aromatic carbocycles. The van der Waals surface area contributed by atoms with Crippen molar-refractivity contribution in [2.45, 2.75) is 0 Å². The number of rotatable bonds is 2. The summed E-state index contributed by atoms with van der Waals surface area (Å²) in [6, 6.07) is 4.30. The first-order valence-electron chi connectivity index (χ1n) is 4.32. The Labute approximate surface area is 95.2 Å². The molecule has 16 heavy (non-hydrogen) atoms. The van der Waals surface area contributed by atoms with E-state index in [2.05, 4.69) is 9.97 Å². The number of nitrogen functional groups attached to an aromatic ring is 1. The van der Waals surface area contributed by atoms with Gasteiger partial charge in [0.25, 0.3) is 5.69 Å². The van der Waals surface area contributed by atoms with Crippen molar-refractivity contribution in [1.82, 2.24) is 9.97 Å². The maximum Gasteiger partial charge on any atom is 0.278 e. The van der Waals surface area contributed by atoms with Gasteiger partial charge in [-0.1, -0.05) is 11.6 Å². The highest BCUT2D eigenvalue weighted by Crippen LogP contribution is 2.31. The number of halogens is 1. The fraction of sp³-hybridized carbons (Fsp3) is 0. The average Bonchev–Trinajstić information content (AvgIpc) is 2.64. The summed E-state index contributed by atoms with van der Waals surface area (Å²) in [7, 11) is 0. The number of benzene rings is 1. The van der Waals surface area contributed by atoms with Gasteiger partial charge in [-0.05, 0) is 12.1 Å². The number of hydrogen-bond acceptors (Lipinski definition) is 4. The highest BCUT2D eigenvalue weighted by Gasteiger charge is 2.16. The van der Waals surface area contributed by atoms with E-state index in [1.54, 1.807) is 0 Å². The third-order valence-corrected chi connectivity index (χ3v) is 2.28. The molecule has 0 bridgehead atoms. The van der Waals surface area contributed by atoms with Crippen LogP contribution in [0.4, 0.5) is 11.6 Å². The molecule has 1 aromatic heterocycles. The number of hydrogen-bond donors (Lipinski definition) is 2. The van der Waals surface area contributed by atoms with Crippen molar-refractivity contribution >= 4 is 23.2 Å². The summed E-state index contributed by atoms with van der Waals surface area (Å²) in [4.78, 5) is 16.8. The predicted octanol–water partition coefficient (Wildman–Crippen LogP) is 2.22. The van der Waals surface area contributed by atoms with E-state index in [4.69, 9.17) is 17.3 Å². The molecule has 0 unspecified atom stereocenters. The van der Waals surface area contributed by atoms with Crippen molar-refractivity contribution in [1.29, 1.82) is 0 Å². The molecule has 2 rings (SSSR count). The molecule has 0 spiro atoms. The van der Waals surface area contributed by atoms with E-state index < -0.39 is 4.92 Å². The lowest BCUT2D eigenvalue weighted by atomic mass is 10.1. The smallest absolute Gasteiger partial charge is 0.278 e. The van der Waals surface area contributed by atoms with Crippen molar-refractivity contribution in [2.75, 3.05) is 5.73 Å². The van der Waals surface area contributed by atoms with Crippen LogP contribution in [-0.4, -0.2) is 14.9 Å². The summed E-state index contributed by atoms with van der Waals surface area (Å²) < 4.78 is 0. The van der Waals surface area contributed by atoms with Crippen LogP contribution in [0.5, 0.6) is 0 Å². The minimum atomic E-state index is -0.483. The van der Waals surface area contributed by atoms with Gasteiger partial charge in [-0.15, -0.1) is 0 Å². The first-order chi connectivity index (χ1) is 7.58. The van der Waals surface area contributed by atoms with Gasteiger partial charge >= 0.3 is 0 Å². The second-order valence-corrected chi connectivity index (χ2v) is 3.54. The lowest BCUT2D eigenvalue weighted by Gasteiger charge is -2.00. The zero-order chi connectivity index (χ0) is 11.7. The Hall–Kier alpha value is -2.08. The molecule has 0 radical (unpaired) electrons. The lowest BCUT2D eigenvalue weighted by Crippen LogP contribution is -1.92. The Bertz CT molecular complexity index is 552. The number of anilines is 1. The maximum atomic E-state index is 10.8. The third kappa shape index (κ3) is 1.82. The van der Waals surface area contributed by atoms with Crippen LogP contribution in [0.2, 0.25) is 5.02 Å². The van der Waals surface area contributed by atoms with Crippen molar-refractivity contribution < 1.29 is 4.92 Å². The number of aromatic amines is 1. The zero-order valence-corrected chi connectivity index (χ0v) is 8.73. The van der Waals surface area contributed by atoms with E-state index >= 15 is 0 Å². The number of H-pyrrole nitrogens is 1. The second kappa shape index (κ2) is 3.82. The molecule has 2 aromatic rings. The molecule has 7 heteroatoms. The number of aromatic nitrogens is 2. The van der Waals surface area contributed by atoms with Crippen LogP contribution in [0.25, 0.3) is 11.3 Å². The Balaban J connectivity index is 2.62. The molecule has 0 fully saturated rings. The third-order valence-electron chi connectivity index (χ3n) is 2.04. The first kappa shape index (κ1) is 10.4. The molecule has 3 N–H and O–H groups in total. The molecule has 0 saturated carbocycles. The summed E-state index contributed by atoms with van der Waals surface area (Å²) in [6.07, 6.45) is 1.42. The molecular weight excluding hydrogens is 232 g/mol. The van der Waals surface area contributed by atoms with Crippen molar-refractivity contribution in [2.24, 2.45) is 0 Å². The minimum absolute atomic E-state index is 0.0481. The summed E-state index contributed by atoms with van der Waals surface area (Å²) in [5.74, 6) is 0.198. The van der Waals surface area contributed by atoms with Gasteiger partial charge in [-0.3, -0.25) is 10.1 Å². The number of imidazole rings is 1. The Kier molecular flexibility index (Phi) is 2.49. The van der Waals surface area contributed by atoms with Crippen LogP contribution < -0.4 is 5.73 Å². The van der Waals surface area contributed by atoms with Crippen LogP contribution in [0.15, 0.2) is 24.4 Å². The number of nitrogens with one attached hydrogen (secondary N) is 1. The molecule has 0 saturated heterocycles. The molecule has 0 aliphatic carbocycles. The van der Waals surface area contributed by atoms with Gasteiger partial charge in [-0.2, -0.15) is 0 Å². The fourth-order valence-corrected chi connectivity index (χ4v) is 1.53. The van der Waals surface area contributed by atoms with E-state index in [9.17, 15) is 10.1 Å². The Morgan fingerprint density at radius 1 is 1.50 bits per heavy atom. The van der Waals surface area contributed by atoms with Gasteiger partial charge in [0.2, 0.25) is 0 Å². The predicted molar refractivity (Wildman–Crippen MR) is 60.1 cm³/mol. The van der Waals surface area contributed by atoms with E-state index in [1.165, 1.54) is 24.4 Å². The molecule has 1 heterocycles. The van der Waals surface area contributed by atoms with Crippen molar-refractivity contribution in [3.8, 4) is 11.3 Å². The average molecular weight is 239 g/mol. The SMILES string of the molecule is Nc1ncc(-c2cc(Cl)ccc2[N+](=O)[O-])[nH]1. The first-order valence-corrected chi connectivity index (χ1v) is 4.70. The topological polar surface area (TPSA) is 97.8 Å². The Morgan fingerprint density at radius 3 is 2.81 bits per heavy atom. The molecular formula is C9H7ClN4O2. The minimum Gasteiger partial charge on any atom is -0.369 e. The van der Waals surface area contributed by atoms with Crippen LogP contribution in [0.1, 0.15) is 0 Å². The van der Waals surface area contributed by atoms with E-state index in [-0.39, 0.29) is 11.6 Å². The monoisotopic (exact) mass is 238 g/mol. The summed E-state index contributed by atoms with van der Waals surface area (Å²) in [6.45, 7) is 0. The van der Waals surface area contributed by atoms with E-state index in [1.807, 2.05) is 0 Å². The van der Waals surface area contributed by atoms with Gasteiger partial charge in [-0.25, -0.2) is 4.98 Å². The van der Waals surface area contributed by atoms with Crippen LogP contribution >= 0.6 is 11.6 Å². The van der Waals surface area contributed by atoms with Crippen molar-refractivity contribution in [3.63, 3.8) is 0 Å². The number of nitro benzene ring substituents is 1. The zero-order valence-electron chi connectivity index (χ0n) is 7.98. The van der Waals surface area contributed by atoms with Gasteiger partial charge in [0.1, 0.15) is 0 Å². The van der Waals surface area contributed by atoms with Gasteiger partial charge in [0.15, 0.2) is 5.95 Å². The molecule has 0 aliphatic heterocycles. The normalized spacial score (nSPS) is 10.3. The number of nitro groups is 1. The summed E-state index contributed by atoms with van der Waals surface area (Å²) >= 11 is 5.79. The number of nitrogens with zero attached hydrogens (tertiary/aromatic N) is 2. The van der Waals surface area contributed by atoms with Gasteiger partial charge < -0.3 is 10.7 Å². The molecule has 82 valence electrons. The molecule has 0 aliphatic rings. The van der Waals surface area contributed by atoms with Crippen LogP contribution in [0.3, 0.4) is 0 Å².